The van der Waals surface area contributed by atoms with Crippen LogP contribution in [0.4, 0.5) is 0 Å². The summed E-state index contributed by atoms with van der Waals surface area (Å²) in [7, 11) is 0. The molecule has 4 nitrogen and oxygen atoms in total. The first-order valence-corrected chi connectivity index (χ1v) is 4.61. The van der Waals surface area contributed by atoms with E-state index in [4.69, 9.17) is 10.2 Å². The van der Waals surface area contributed by atoms with Crippen LogP contribution in [-0.4, -0.2) is 26.4 Å². The predicted octanol–water partition coefficient (Wildman–Crippen LogP) is 0.490. The molecule has 66 valence electrons. The van der Waals surface area contributed by atoms with E-state index in [9.17, 15) is 0 Å². The number of rotatable bonds is 2. The SMILES string of the molecule is CSc1nc(C)cc(C(O)O)n1. The summed E-state index contributed by atoms with van der Waals surface area (Å²) in [5.74, 6) is 0. The first-order chi connectivity index (χ1) is 5.63. The summed E-state index contributed by atoms with van der Waals surface area (Å²) in [6.07, 6.45) is 0.320. The third-order valence-corrected chi connectivity index (χ3v) is 1.85. The lowest BCUT2D eigenvalue weighted by Crippen LogP contribution is -2.02. The molecule has 0 bridgehead atoms. The number of nitrogens with zero attached hydrogens (tertiary/aromatic N) is 2. The molecule has 0 aromatic carbocycles. The minimum Gasteiger partial charge on any atom is -0.363 e. The van der Waals surface area contributed by atoms with Crippen molar-refractivity contribution in [2.75, 3.05) is 6.26 Å². The Morgan fingerprint density at radius 3 is 2.58 bits per heavy atom. The molecule has 0 spiro atoms. The fraction of sp³-hybridized carbons (Fsp3) is 0.429. The Morgan fingerprint density at radius 2 is 2.08 bits per heavy atom. The Balaban J connectivity index is 3.06. The first-order valence-electron chi connectivity index (χ1n) is 3.39. The molecule has 0 unspecified atom stereocenters. The van der Waals surface area contributed by atoms with Crippen LogP contribution in [0.3, 0.4) is 0 Å². The topological polar surface area (TPSA) is 66.2 Å². The van der Waals surface area contributed by atoms with Gasteiger partial charge in [-0.25, -0.2) is 9.97 Å². The predicted molar refractivity (Wildman–Crippen MR) is 45.7 cm³/mol. The highest BCUT2D eigenvalue weighted by molar-refractivity contribution is 7.98. The number of aliphatic hydroxyl groups is 2. The summed E-state index contributed by atoms with van der Waals surface area (Å²) in [5, 5.41) is 18.2. The smallest absolute Gasteiger partial charge is 0.196 e. The molecule has 0 aliphatic heterocycles. The molecular formula is C7H10N2O2S. The van der Waals surface area contributed by atoms with Crippen LogP contribution in [0.15, 0.2) is 11.2 Å². The Labute approximate surface area is 74.7 Å². The number of hydrogen-bond donors (Lipinski definition) is 2. The molecule has 0 aliphatic carbocycles. The lowest BCUT2D eigenvalue weighted by atomic mass is 10.3. The summed E-state index contributed by atoms with van der Waals surface area (Å²) < 4.78 is 0. The zero-order valence-corrected chi connectivity index (χ0v) is 7.67. The van der Waals surface area contributed by atoms with Gasteiger partial charge in [0.1, 0.15) is 5.69 Å². The van der Waals surface area contributed by atoms with Gasteiger partial charge in [0.05, 0.1) is 0 Å². The Morgan fingerprint density at radius 1 is 1.42 bits per heavy atom. The van der Waals surface area contributed by atoms with Gasteiger partial charge >= 0.3 is 0 Å². The monoisotopic (exact) mass is 186 g/mol. The zero-order valence-electron chi connectivity index (χ0n) is 6.85. The molecular weight excluding hydrogens is 176 g/mol. The van der Waals surface area contributed by atoms with E-state index in [0.717, 1.165) is 5.69 Å². The molecule has 1 aromatic heterocycles. The number of hydrogen-bond acceptors (Lipinski definition) is 5. The maximum atomic E-state index is 8.82. The van der Waals surface area contributed by atoms with E-state index in [-0.39, 0.29) is 5.69 Å². The summed E-state index contributed by atoms with van der Waals surface area (Å²) in [5.41, 5.74) is 0.976. The van der Waals surface area contributed by atoms with E-state index >= 15 is 0 Å². The minimum atomic E-state index is -1.52. The molecule has 0 amide bonds. The van der Waals surface area contributed by atoms with Gasteiger partial charge in [0.2, 0.25) is 0 Å². The molecule has 0 fully saturated rings. The van der Waals surface area contributed by atoms with Crippen LogP contribution in [0.2, 0.25) is 0 Å². The standard InChI is InChI=1S/C7H10N2O2S/c1-4-3-5(6(10)11)9-7(8-4)12-2/h3,6,10-11H,1-2H3. The summed E-state index contributed by atoms with van der Waals surface area (Å²) in [4.78, 5) is 7.97. The second-order valence-corrected chi connectivity index (χ2v) is 3.07. The Hall–Kier alpha value is -0.650. The van der Waals surface area contributed by atoms with Crippen molar-refractivity contribution in [1.29, 1.82) is 0 Å². The molecule has 0 radical (unpaired) electrons. The Kier molecular flexibility index (Phi) is 3.02. The van der Waals surface area contributed by atoms with Gasteiger partial charge in [0, 0.05) is 5.69 Å². The molecule has 0 saturated heterocycles. The van der Waals surface area contributed by atoms with Crippen LogP contribution in [-0.2, 0) is 0 Å². The van der Waals surface area contributed by atoms with Gasteiger partial charge in [0.25, 0.3) is 0 Å². The van der Waals surface area contributed by atoms with Crippen molar-refractivity contribution < 1.29 is 10.2 Å². The van der Waals surface area contributed by atoms with Crippen LogP contribution < -0.4 is 0 Å². The maximum absolute atomic E-state index is 8.82. The van der Waals surface area contributed by atoms with Crippen LogP contribution in [0.1, 0.15) is 17.7 Å². The van der Waals surface area contributed by atoms with Crippen molar-refractivity contribution in [3.63, 3.8) is 0 Å². The highest BCUT2D eigenvalue weighted by Gasteiger charge is 2.06. The van der Waals surface area contributed by atoms with E-state index in [1.807, 2.05) is 6.26 Å². The first kappa shape index (κ1) is 9.44. The molecule has 0 saturated carbocycles. The van der Waals surface area contributed by atoms with Gasteiger partial charge in [-0.1, -0.05) is 11.8 Å². The van der Waals surface area contributed by atoms with Crippen molar-refractivity contribution in [3.8, 4) is 0 Å². The molecule has 5 heteroatoms. The fourth-order valence-electron chi connectivity index (χ4n) is 0.788. The van der Waals surface area contributed by atoms with Gasteiger partial charge in [-0.2, -0.15) is 0 Å². The fourth-order valence-corrected chi connectivity index (χ4v) is 1.22. The summed E-state index contributed by atoms with van der Waals surface area (Å²) >= 11 is 1.37. The maximum Gasteiger partial charge on any atom is 0.196 e. The third kappa shape index (κ3) is 2.17. The van der Waals surface area contributed by atoms with Gasteiger partial charge in [-0.3, -0.25) is 0 Å². The van der Waals surface area contributed by atoms with Crippen LogP contribution in [0.5, 0.6) is 0 Å². The normalized spacial score (nSPS) is 10.8. The van der Waals surface area contributed by atoms with Gasteiger partial charge in [-0.05, 0) is 19.2 Å². The van der Waals surface area contributed by atoms with Gasteiger partial charge in [-0.15, -0.1) is 0 Å². The summed E-state index contributed by atoms with van der Waals surface area (Å²) in [6, 6.07) is 1.55. The van der Waals surface area contributed by atoms with Crippen molar-refractivity contribution in [1.82, 2.24) is 9.97 Å². The van der Waals surface area contributed by atoms with Gasteiger partial charge in [0.15, 0.2) is 11.4 Å². The largest absolute Gasteiger partial charge is 0.363 e. The van der Waals surface area contributed by atoms with Gasteiger partial charge < -0.3 is 10.2 Å². The van der Waals surface area contributed by atoms with Crippen LogP contribution in [0.25, 0.3) is 0 Å². The second-order valence-electron chi connectivity index (χ2n) is 2.29. The number of aryl methyl sites for hydroxylation is 1. The molecule has 1 rings (SSSR count). The second kappa shape index (κ2) is 3.84. The zero-order chi connectivity index (χ0) is 9.14. The summed E-state index contributed by atoms with van der Waals surface area (Å²) in [6.45, 7) is 1.78. The number of thioether (sulfide) groups is 1. The minimum absolute atomic E-state index is 0.242. The molecule has 1 aromatic rings. The average molecular weight is 186 g/mol. The average Bonchev–Trinajstić information content (AvgIpc) is 2.03. The van der Waals surface area contributed by atoms with E-state index in [1.54, 1.807) is 13.0 Å². The van der Waals surface area contributed by atoms with Crippen LogP contribution in [0, 0.1) is 6.92 Å². The third-order valence-electron chi connectivity index (χ3n) is 1.30. The Bertz CT molecular complexity index is 278. The quantitative estimate of drug-likeness (QED) is 0.400. The molecule has 2 N–H and O–H groups in total. The highest BCUT2D eigenvalue weighted by atomic mass is 32.2. The van der Waals surface area contributed by atoms with E-state index in [2.05, 4.69) is 9.97 Å². The van der Waals surface area contributed by atoms with E-state index < -0.39 is 6.29 Å². The highest BCUT2D eigenvalue weighted by Crippen LogP contribution is 2.13. The van der Waals surface area contributed by atoms with Crippen LogP contribution >= 0.6 is 11.8 Å². The van der Waals surface area contributed by atoms with Crippen molar-refractivity contribution in [3.05, 3.63) is 17.5 Å². The lowest BCUT2D eigenvalue weighted by molar-refractivity contribution is -0.0464. The van der Waals surface area contributed by atoms with Crippen molar-refractivity contribution in [2.45, 2.75) is 18.4 Å². The molecule has 12 heavy (non-hydrogen) atoms. The van der Waals surface area contributed by atoms with E-state index in [1.165, 1.54) is 11.8 Å². The molecule has 0 atom stereocenters. The lowest BCUT2D eigenvalue weighted by Gasteiger charge is -2.04. The van der Waals surface area contributed by atoms with Crippen molar-refractivity contribution >= 4 is 11.8 Å². The molecule has 1 heterocycles. The number of aliphatic hydroxyl groups excluding tert-OH is 1. The molecule has 0 aliphatic rings. The van der Waals surface area contributed by atoms with Crippen molar-refractivity contribution in [2.24, 2.45) is 0 Å². The number of aromatic nitrogens is 2. The van der Waals surface area contributed by atoms with E-state index in [0.29, 0.717) is 5.16 Å².